The number of aromatic nitrogens is 1. The van der Waals surface area contributed by atoms with Gasteiger partial charge in [0.25, 0.3) is 5.91 Å². The van der Waals surface area contributed by atoms with E-state index in [4.69, 9.17) is 4.74 Å². The summed E-state index contributed by atoms with van der Waals surface area (Å²) in [7, 11) is 0. The molecule has 0 saturated heterocycles. The van der Waals surface area contributed by atoms with Crippen LogP contribution in [0.25, 0.3) is 10.9 Å². The fourth-order valence-electron chi connectivity index (χ4n) is 3.42. The van der Waals surface area contributed by atoms with Crippen LogP contribution in [0, 0.1) is 0 Å². The molecule has 0 radical (unpaired) electrons. The molecule has 1 unspecified atom stereocenters. The van der Waals surface area contributed by atoms with Crippen molar-refractivity contribution < 1.29 is 9.53 Å². The fraction of sp³-hybridized carbons (Fsp3) is 0.125. The standard InChI is InChI=1S/C24H21BrN2O2/c25-18-12-10-17(11-13-18)21(22-15-26-23-9-5-4-8-20(22)23)14-27-24(28)16-29-19-6-2-1-3-7-19/h1-13,15,21,26H,14,16H2,(H,27,28). The van der Waals surface area contributed by atoms with E-state index in [2.05, 4.69) is 50.5 Å². The van der Waals surface area contributed by atoms with Crippen LogP contribution in [0.15, 0.2) is 89.5 Å². The SMILES string of the molecule is O=C(COc1ccccc1)NCC(c1ccc(Br)cc1)c1c[nH]c2ccccc12. The average molecular weight is 449 g/mol. The molecule has 1 amide bonds. The van der Waals surface area contributed by atoms with Crippen LogP contribution in [0.2, 0.25) is 0 Å². The molecule has 3 aromatic carbocycles. The number of hydrogen-bond acceptors (Lipinski definition) is 2. The van der Waals surface area contributed by atoms with E-state index in [-0.39, 0.29) is 18.4 Å². The molecule has 4 aromatic rings. The first-order valence-corrected chi connectivity index (χ1v) is 10.3. The molecule has 0 bridgehead atoms. The Kier molecular flexibility index (Phi) is 5.96. The summed E-state index contributed by atoms with van der Waals surface area (Å²) in [5.41, 5.74) is 3.39. The van der Waals surface area contributed by atoms with Gasteiger partial charge in [-0.15, -0.1) is 0 Å². The number of ether oxygens (including phenoxy) is 1. The predicted molar refractivity (Wildman–Crippen MR) is 119 cm³/mol. The summed E-state index contributed by atoms with van der Waals surface area (Å²) in [5.74, 6) is 0.569. The Morgan fingerprint density at radius 1 is 0.966 bits per heavy atom. The van der Waals surface area contributed by atoms with Gasteiger partial charge in [-0.2, -0.15) is 0 Å². The number of para-hydroxylation sites is 2. The summed E-state index contributed by atoms with van der Waals surface area (Å²) in [6.45, 7) is 0.478. The van der Waals surface area contributed by atoms with E-state index in [0.29, 0.717) is 12.3 Å². The van der Waals surface area contributed by atoms with E-state index >= 15 is 0 Å². The van der Waals surface area contributed by atoms with Crippen molar-refractivity contribution in [2.24, 2.45) is 0 Å². The number of benzene rings is 3. The Morgan fingerprint density at radius 3 is 2.48 bits per heavy atom. The van der Waals surface area contributed by atoms with Gasteiger partial charge in [0, 0.05) is 34.0 Å². The quantitative estimate of drug-likeness (QED) is 0.405. The third kappa shape index (κ3) is 4.69. The second kappa shape index (κ2) is 8.97. The first-order chi connectivity index (χ1) is 14.2. The Bertz CT molecular complexity index is 1090. The number of rotatable bonds is 7. The molecular formula is C24H21BrN2O2. The minimum atomic E-state index is -0.143. The lowest BCUT2D eigenvalue weighted by Gasteiger charge is -2.18. The minimum absolute atomic E-state index is 0.00897. The molecule has 0 aliphatic rings. The molecule has 146 valence electrons. The second-order valence-electron chi connectivity index (χ2n) is 6.80. The molecule has 1 aromatic heterocycles. The first kappa shape index (κ1) is 19.3. The maximum Gasteiger partial charge on any atom is 0.257 e. The smallest absolute Gasteiger partial charge is 0.257 e. The fourth-order valence-corrected chi connectivity index (χ4v) is 3.68. The van der Waals surface area contributed by atoms with Crippen molar-refractivity contribution in [2.75, 3.05) is 13.2 Å². The van der Waals surface area contributed by atoms with E-state index < -0.39 is 0 Å². The highest BCUT2D eigenvalue weighted by molar-refractivity contribution is 9.10. The summed E-state index contributed by atoms with van der Waals surface area (Å²) in [6.07, 6.45) is 2.03. The first-order valence-electron chi connectivity index (χ1n) is 9.47. The van der Waals surface area contributed by atoms with Crippen LogP contribution in [0.5, 0.6) is 5.75 Å². The molecule has 1 heterocycles. The summed E-state index contributed by atoms with van der Waals surface area (Å²) in [6, 6.07) is 25.8. The molecule has 5 heteroatoms. The number of carbonyl (C=O) groups excluding carboxylic acids is 1. The molecule has 4 rings (SSSR count). The van der Waals surface area contributed by atoms with Crippen molar-refractivity contribution in [1.29, 1.82) is 0 Å². The lowest BCUT2D eigenvalue weighted by molar-refractivity contribution is -0.123. The lowest BCUT2D eigenvalue weighted by Crippen LogP contribution is -2.32. The summed E-state index contributed by atoms with van der Waals surface area (Å²) in [5, 5.41) is 4.19. The van der Waals surface area contributed by atoms with Gasteiger partial charge < -0.3 is 15.0 Å². The normalized spacial score (nSPS) is 11.9. The van der Waals surface area contributed by atoms with Crippen LogP contribution in [-0.4, -0.2) is 24.0 Å². The van der Waals surface area contributed by atoms with E-state index in [1.807, 2.05) is 60.8 Å². The Balaban J connectivity index is 1.51. The third-order valence-electron chi connectivity index (χ3n) is 4.89. The molecule has 29 heavy (non-hydrogen) atoms. The van der Waals surface area contributed by atoms with Crippen LogP contribution >= 0.6 is 15.9 Å². The zero-order valence-electron chi connectivity index (χ0n) is 15.8. The molecule has 0 fully saturated rings. The molecule has 0 saturated carbocycles. The Hall–Kier alpha value is -3.05. The van der Waals surface area contributed by atoms with Crippen molar-refractivity contribution in [1.82, 2.24) is 10.3 Å². The summed E-state index contributed by atoms with van der Waals surface area (Å²) >= 11 is 3.50. The highest BCUT2D eigenvalue weighted by Crippen LogP contribution is 2.31. The third-order valence-corrected chi connectivity index (χ3v) is 5.41. The molecule has 1 atom stereocenters. The Morgan fingerprint density at radius 2 is 1.69 bits per heavy atom. The number of halogens is 1. The van der Waals surface area contributed by atoms with Crippen molar-refractivity contribution in [3.63, 3.8) is 0 Å². The average Bonchev–Trinajstić information content (AvgIpc) is 3.18. The summed E-state index contributed by atoms with van der Waals surface area (Å²) < 4.78 is 6.59. The number of nitrogens with one attached hydrogen (secondary N) is 2. The van der Waals surface area contributed by atoms with Crippen molar-refractivity contribution >= 4 is 32.7 Å². The zero-order valence-corrected chi connectivity index (χ0v) is 17.4. The van der Waals surface area contributed by atoms with E-state index in [1.165, 1.54) is 0 Å². The van der Waals surface area contributed by atoms with Crippen LogP contribution in [0.3, 0.4) is 0 Å². The second-order valence-corrected chi connectivity index (χ2v) is 7.72. The van der Waals surface area contributed by atoms with Gasteiger partial charge in [0.15, 0.2) is 6.61 Å². The molecule has 0 aliphatic heterocycles. The maximum atomic E-state index is 12.4. The van der Waals surface area contributed by atoms with Crippen LogP contribution in [0.1, 0.15) is 17.0 Å². The van der Waals surface area contributed by atoms with Gasteiger partial charge in [-0.1, -0.05) is 64.5 Å². The molecule has 4 nitrogen and oxygen atoms in total. The molecule has 0 spiro atoms. The highest BCUT2D eigenvalue weighted by Gasteiger charge is 2.19. The minimum Gasteiger partial charge on any atom is -0.484 e. The van der Waals surface area contributed by atoms with Gasteiger partial charge in [0.2, 0.25) is 0 Å². The molecule has 2 N–H and O–H groups in total. The van der Waals surface area contributed by atoms with Crippen LogP contribution < -0.4 is 10.1 Å². The number of H-pyrrole nitrogens is 1. The number of hydrogen-bond donors (Lipinski definition) is 2. The number of aromatic amines is 1. The molecule has 0 aliphatic carbocycles. The zero-order chi connectivity index (χ0) is 20.1. The number of fused-ring (bicyclic) bond motifs is 1. The maximum absolute atomic E-state index is 12.4. The monoisotopic (exact) mass is 448 g/mol. The number of carbonyl (C=O) groups is 1. The van der Waals surface area contributed by atoms with Crippen molar-refractivity contribution in [2.45, 2.75) is 5.92 Å². The van der Waals surface area contributed by atoms with E-state index in [1.54, 1.807) is 0 Å². The largest absolute Gasteiger partial charge is 0.484 e. The van der Waals surface area contributed by atoms with Gasteiger partial charge in [0.05, 0.1) is 0 Å². The van der Waals surface area contributed by atoms with Gasteiger partial charge >= 0.3 is 0 Å². The van der Waals surface area contributed by atoms with Gasteiger partial charge in [0.1, 0.15) is 5.75 Å². The molecular weight excluding hydrogens is 428 g/mol. The van der Waals surface area contributed by atoms with Crippen LogP contribution in [0.4, 0.5) is 0 Å². The van der Waals surface area contributed by atoms with E-state index in [9.17, 15) is 4.79 Å². The van der Waals surface area contributed by atoms with Gasteiger partial charge in [-0.25, -0.2) is 0 Å². The highest BCUT2D eigenvalue weighted by atomic mass is 79.9. The lowest BCUT2D eigenvalue weighted by atomic mass is 9.91. The van der Waals surface area contributed by atoms with Crippen LogP contribution in [-0.2, 0) is 4.79 Å². The van der Waals surface area contributed by atoms with Gasteiger partial charge in [-0.3, -0.25) is 4.79 Å². The Labute approximate surface area is 178 Å². The van der Waals surface area contributed by atoms with Crippen molar-refractivity contribution in [3.05, 3.63) is 101 Å². The van der Waals surface area contributed by atoms with Crippen molar-refractivity contribution in [3.8, 4) is 5.75 Å². The van der Waals surface area contributed by atoms with E-state index in [0.717, 1.165) is 26.5 Å². The summed E-state index contributed by atoms with van der Waals surface area (Å²) in [4.78, 5) is 15.7. The van der Waals surface area contributed by atoms with Gasteiger partial charge in [-0.05, 0) is 41.5 Å². The number of amides is 1. The topological polar surface area (TPSA) is 54.1 Å². The predicted octanol–water partition coefficient (Wildman–Crippen LogP) is 5.26.